The number of aliphatic hydroxyl groups excluding tert-OH is 1. The molecule has 0 bridgehead atoms. The lowest BCUT2D eigenvalue weighted by Crippen LogP contribution is -2.34. The van der Waals surface area contributed by atoms with E-state index < -0.39 is 23.0 Å². The SMILES string of the molecule is CCC(C(O)CC(=O)OC)[N+](=O)[O-]. The first-order valence-electron chi connectivity index (χ1n) is 3.91. The molecule has 0 aromatic heterocycles. The van der Waals surface area contributed by atoms with E-state index in [9.17, 15) is 20.0 Å². The molecule has 6 heteroatoms. The molecule has 0 aromatic carbocycles. The summed E-state index contributed by atoms with van der Waals surface area (Å²) in [7, 11) is 1.17. The Bertz CT molecular complexity index is 193. The fourth-order valence-corrected chi connectivity index (χ4v) is 0.952. The highest BCUT2D eigenvalue weighted by Crippen LogP contribution is 2.07. The van der Waals surface area contributed by atoms with Crippen LogP contribution < -0.4 is 0 Å². The maximum Gasteiger partial charge on any atom is 0.308 e. The topological polar surface area (TPSA) is 89.7 Å². The van der Waals surface area contributed by atoms with Gasteiger partial charge in [0.2, 0.25) is 6.04 Å². The molecule has 0 aliphatic carbocycles. The molecular weight excluding hydrogens is 178 g/mol. The highest BCUT2D eigenvalue weighted by molar-refractivity contribution is 5.69. The Hall–Kier alpha value is -1.17. The van der Waals surface area contributed by atoms with Gasteiger partial charge in [-0.15, -0.1) is 0 Å². The van der Waals surface area contributed by atoms with Crippen LogP contribution in [0.5, 0.6) is 0 Å². The van der Waals surface area contributed by atoms with E-state index >= 15 is 0 Å². The van der Waals surface area contributed by atoms with Gasteiger partial charge < -0.3 is 9.84 Å². The van der Waals surface area contributed by atoms with E-state index in [1.54, 1.807) is 6.92 Å². The Kier molecular flexibility index (Phi) is 4.98. The first kappa shape index (κ1) is 11.8. The van der Waals surface area contributed by atoms with Crippen LogP contribution in [0, 0.1) is 10.1 Å². The Labute approximate surface area is 75.7 Å². The Morgan fingerprint density at radius 2 is 2.23 bits per heavy atom. The molecule has 0 heterocycles. The van der Waals surface area contributed by atoms with Gasteiger partial charge in [0.05, 0.1) is 13.5 Å². The molecule has 0 radical (unpaired) electrons. The number of rotatable bonds is 5. The minimum atomic E-state index is -1.27. The number of aliphatic hydroxyl groups is 1. The second-order valence-corrected chi connectivity index (χ2v) is 2.61. The molecular formula is C7H13NO5. The van der Waals surface area contributed by atoms with Gasteiger partial charge in [-0.2, -0.15) is 0 Å². The molecule has 76 valence electrons. The lowest BCUT2D eigenvalue weighted by molar-refractivity contribution is -0.534. The molecule has 0 aliphatic heterocycles. The average molecular weight is 191 g/mol. The van der Waals surface area contributed by atoms with Crippen molar-refractivity contribution in [2.75, 3.05) is 7.11 Å². The van der Waals surface area contributed by atoms with Crippen molar-refractivity contribution in [2.24, 2.45) is 0 Å². The lowest BCUT2D eigenvalue weighted by Gasteiger charge is -2.12. The normalized spacial score (nSPS) is 14.7. The van der Waals surface area contributed by atoms with Crippen LogP contribution in [-0.2, 0) is 9.53 Å². The number of nitro groups is 1. The zero-order chi connectivity index (χ0) is 10.4. The number of hydrogen-bond acceptors (Lipinski definition) is 5. The molecule has 0 fully saturated rings. The van der Waals surface area contributed by atoms with E-state index in [4.69, 9.17) is 0 Å². The summed E-state index contributed by atoms with van der Waals surface area (Å²) in [4.78, 5) is 20.4. The van der Waals surface area contributed by atoms with E-state index in [1.165, 1.54) is 7.11 Å². The van der Waals surface area contributed by atoms with E-state index in [0.717, 1.165) is 0 Å². The summed E-state index contributed by atoms with van der Waals surface area (Å²) in [5.41, 5.74) is 0. The molecule has 1 N–H and O–H groups in total. The van der Waals surface area contributed by atoms with Gasteiger partial charge in [0.1, 0.15) is 6.10 Å². The maximum absolute atomic E-state index is 10.7. The maximum atomic E-state index is 10.7. The van der Waals surface area contributed by atoms with Gasteiger partial charge >= 0.3 is 5.97 Å². The third-order valence-corrected chi connectivity index (χ3v) is 1.74. The monoisotopic (exact) mass is 191 g/mol. The van der Waals surface area contributed by atoms with Crippen LogP contribution in [0.4, 0.5) is 0 Å². The van der Waals surface area contributed by atoms with Crippen molar-refractivity contribution < 1.29 is 19.6 Å². The van der Waals surface area contributed by atoms with Gasteiger partial charge in [-0.3, -0.25) is 14.9 Å². The first-order valence-corrected chi connectivity index (χ1v) is 3.91. The van der Waals surface area contributed by atoms with E-state index in [2.05, 4.69) is 4.74 Å². The molecule has 0 saturated carbocycles. The summed E-state index contributed by atoms with van der Waals surface area (Å²) < 4.78 is 4.27. The van der Waals surface area contributed by atoms with Crippen LogP contribution in [0.3, 0.4) is 0 Å². The zero-order valence-electron chi connectivity index (χ0n) is 7.60. The second kappa shape index (κ2) is 5.47. The number of methoxy groups -OCH3 is 1. The summed E-state index contributed by atoms with van der Waals surface area (Å²) in [6.45, 7) is 1.58. The third-order valence-electron chi connectivity index (χ3n) is 1.74. The molecule has 6 nitrogen and oxygen atoms in total. The molecule has 2 unspecified atom stereocenters. The molecule has 0 aliphatic rings. The van der Waals surface area contributed by atoms with Gasteiger partial charge in [0.15, 0.2) is 0 Å². The van der Waals surface area contributed by atoms with Crippen LogP contribution in [0.15, 0.2) is 0 Å². The van der Waals surface area contributed by atoms with Crippen LogP contribution >= 0.6 is 0 Å². The predicted molar refractivity (Wildman–Crippen MR) is 43.7 cm³/mol. The Morgan fingerprint density at radius 1 is 1.69 bits per heavy atom. The number of carbonyl (C=O) groups excluding carboxylic acids is 1. The Balaban J connectivity index is 4.13. The predicted octanol–water partition coefficient (Wildman–Crippen LogP) is -0.0343. The minimum Gasteiger partial charge on any atom is -0.469 e. The highest BCUT2D eigenvalue weighted by atomic mass is 16.6. The molecule has 13 heavy (non-hydrogen) atoms. The molecule has 0 spiro atoms. The number of hydrogen-bond donors (Lipinski definition) is 1. The minimum absolute atomic E-state index is 0.186. The van der Waals surface area contributed by atoms with Crippen LogP contribution in [0.1, 0.15) is 19.8 Å². The van der Waals surface area contributed by atoms with Gasteiger partial charge in [0.25, 0.3) is 0 Å². The average Bonchev–Trinajstić information content (AvgIpc) is 2.04. The summed E-state index contributed by atoms with van der Waals surface area (Å²) >= 11 is 0. The number of esters is 1. The van der Waals surface area contributed by atoms with Crippen molar-refractivity contribution in [1.29, 1.82) is 0 Å². The smallest absolute Gasteiger partial charge is 0.308 e. The van der Waals surface area contributed by atoms with Gasteiger partial charge in [-0.05, 0) is 0 Å². The standard InChI is InChI=1S/C7H13NO5/c1-3-5(8(11)12)6(9)4-7(10)13-2/h5-6,9H,3-4H2,1-2H3. The first-order chi connectivity index (χ1) is 6.02. The summed E-state index contributed by atoms with van der Waals surface area (Å²) in [6.07, 6.45) is -1.42. The fraction of sp³-hybridized carbons (Fsp3) is 0.857. The van der Waals surface area contributed by atoms with Crippen LogP contribution in [0.2, 0.25) is 0 Å². The van der Waals surface area contributed by atoms with E-state index in [1.807, 2.05) is 0 Å². The zero-order valence-corrected chi connectivity index (χ0v) is 7.60. The van der Waals surface area contributed by atoms with Crippen molar-refractivity contribution >= 4 is 5.97 Å². The number of nitrogens with zero attached hydrogens (tertiary/aromatic N) is 1. The molecule has 2 atom stereocenters. The lowest BCUT2D eigenvalue weighted by atomic mass is 10.1. The summed E-state index contributed by atoms with van der Waals surface area (Å²) in [5, 5.41) is 19.6. The van der Waals surface area contributed by atoms with Crippen molar-refractivity contribution in [1.82, 2.24) is 0 Å². The van der Waals surface area contributed by atoms with E-state index in [0.29, 0.717) is 0 Å². The van der Waals surface area contributed by atoms with Gasteiger partial charge in [-0.1, -0.05) is 6.92 Å². The highest BCUT2D eigenvalue weighted by Gasteiger charge is 2.29. The third kappa shape index (κ3) is 3.84. The second-order valence-electron chi connectivity index (χ2n) is 2.61. The summed E-state index contributed by atoms with van der Waals surface area (Å²) in [5.74, 6) is -0.646. The number of carbonyl (C=O) groups is 1. The van der Waals surface area contributed by atoms with Crippen molar-refractivity contribution in [3.63, 3.8) is 0 Å². The molecule has 0 amide bonds. The van der Waals surface area contributed by atoms with E-state index in [-0.39, 0.29) is 12.8 Å². The quantitative estimate of drug-likeness (QED) is 0.374. The van der Waals surface area contributed by atoms with Crippen LogP contribution in [-0.4, -0.2) is 35.3 Å². The molecule has 0 rings (SSSR count). The Morgan fingerprint density at radius 3 is 2.54 bits per heavy atom. The molecule has 0 saturated heterocycles. The van der Waals surface area contributed by atoms with Gasteiger partial charge in [0, 0.05) is 11.3 Å². The number of ether oxygens (including phenoxy) is 1. The summed E-state index contributed by atoms with van der Waals surface area (Å²) in [6, 6.07) is -1.10. The largest absolute Gasteiger partial charge is 0.469 e. The fourth-order valence-electron chi connectivity index (χ4n) is 0.952. The molecule has 0 aromatic rings. The van der Waals surface area contributed by atoms with Crippen LogP contribution in [0.25, 0.3) is 0 Å². The van der Waals surface area contributed by atoms with Crippen molar-refractivity contribution in [2.45, 2.75) is 31.9 Å². The van der Waals surface area contributed by atoms with Crippen molar-refractivity contribution in [3.05, 3.63) is 10.1 Å². The van der Waals surface area contributed by atoms with Crippen molar-refractivity contribution in [3.8, 4) is 0 Å². The van der Waals surface area contributed by atoms with Gasteiger partial charge in [-0.25, -0.2) is 0 Å².